The summed E-state index contributed by atoms with van der Waals surface area (Å²) < 4.78 is 22.6. The minimum absolute atomic E-state index is 0.129. The smallest absolute Gasteiger partial charge is 0.306 e. The van der Waals surface area contributed by atoms with Crippen LogP contribution in [0.1, 0.15) is 194 Å². The highest BCUT2D eigenvalue weighted by atomic mass is 16.7. The Kier molecular flexibility index (Phi) is 51.8. The summed E-state index contributed by atoms with van der Waals surface area (Å²) >= 11 is 0. The fourth-order valence-electron chi connectivity index (χ4n) is 7.12. The summed E-state index contributed by atoms with van der Waals surface area (Å²) in [5, 5.41) is 11.8. The average Bonchev–Trinajstić information content (AvgIpc) is 3.38. The first-order valence-electron chi connectivity index (χ1n) is 29.0. The van der Waals surface area contributed by atoms with Crippen molar-refractivity contribution in [3.8, 4) is 0 Å². The van der Waals surface area contributed by atoms with Gasteiger partial charge in [-0.15, -0.1) is 0 Å². The lowest BCUT2D eigenvalue weighted by Crippen LogP contribution is -2.44. The van der Waals surface area contributed by atoms with Gasteiger partial charge in [-0.3, -0.25) is 9.59 Å². The molecule has 0 saturated heterocycles. The summed E-state index contributed by atoms with van der Waals surface area (Å²) in [5.74, 6) is -2.37. The molecule has 75 heavy (non-hydrogen) atoms. The first-order chi connectivity index (χ1) is 36.6. The third-order valence-electron chi connectivity index (χ3n) is 11.6. The second-order valence-electron chi connectivity index (χ2n) is 19.8. The largest absolute Gasteiger partial charge is 0.545 e. The topological polar surface area (TPSA) is 111 Å². The number of carboxylic acid groups (broad SMARTS) is 1. The van der Waals surface area contributed by atoms with E-state index >= 15 is 0 Å². The number of quaternary nitrogens is 1. The van der Waals surface area contributed by atoms with Crippen LogP contribution in [-0.2, 0) is 33.3 Å². The molecule has 422 valence electrons. The fraction of sp³-hybridized carbons (Fsp3) is 0.591. The van der Waals surface area contributed by atoms with E-state index in [1.807, 2.05) is 21.1 Å². The molecule has 0 aliphatic carbocycles. The van der Waals surface area contributed by atoms with Crippen LogP contribution in [-0.4, -0.2) is 82.3 Å². The van der Waals surface area contributed by atoms with Gasteiger partial charge in [0.15, 0.2) is 12.4 Å². The Labute approximate surface area is 458 Å². The number of rotatable bonds is 51. The van der Waals surface area contributed by atoms with Gasteiger partial charge in [0, 0.05) is 12.8 Å². The van der Waals surface area contributed by atoms with Gasteiger partial charge in [0.1, 0.15) is 13.2 Å². The molecule has 0 N–H and O–H groups in total. The Morgan fingerprint density at radius 2 is 0.760 bits per heavy atom. The first-order valence-corrected chi connectivity index (χ1v) is 29.0. The summed E-state index contributed by atoms with van der Waals surface area (Å²) in [4.78, 5) is 37.2. The summed E-state index contributed by atoms with van der Waals surface area (Å²) in [6, 6.07) is 0. The fourth-order valence-corrected chi connectivity index (χ4v) is 7.12. The molecule has 0 aliphatic rings. The predicted octanol–water partition coefficient (Wildman–Crippen LogP) is 15.9. The molecule has 0 spiro atoms. The Balaban J connectivity index is 4.39. The second kappa shape index (κ2) is 55.4. The van der Waals surface area contributed by atoms with E-state index in [0.29, 0.717) is 17.4 Å². The van der Waals surface area contributed by atoms with Crippen LogP contribution in [0.2, 0.25) is 0 Å². The van der Waals surface area contributed by atoms with Gasteiger partial charge in [0.05, 0.1) is 40.3 Å². The van der Waals surface area contributed by atoms with E-state index in [-0.39, 0.29) is 38.6 Å². The molecule has 0 radical (unpaired) electrons. The second-order valence-corrected chi connectivity index (χ2v) is 19.8. The van der Waals surface area contributed by atoms with E-state index in [9.17, 15) is 19.5 Å². The Morgan fingerprint density at radius 3 is 1.16 bits per heavy atom. The maximum Gasteiger partial charge on any atom is 0.306 e. The van der Waals surface area contributed by atoms with Crippen molar-refractivity contribution in [2.75, 3.05) is 47.5 Å². The van der Waals surface area contributed by atoms with Crippen LogP contribution in [0.4, 0.5) is 0 Å². The molecular weight excluding hydrogens is 935 g/mol. The van der Waals surface area contributed by atoms with Gasteiger partial charge in [-0.05, 0) is 122 Å². The Bertz CT molecular complexity index is 1730. The molecule has 0 bridgehead atoms. The maximum atomic E-state index is 12.8. The number of unbranched alkanes of at least 4 members (excludes halogenated alkanes) is 12. The number of likely N-dealkylation sites (N-methyl/N-ethyl adjacent to an activating group) is 1. The average molecular weight is 1040 g/mol. The Hall–Kier alpha value is -4.83. The van der Waals surface area contributed by atoms with Crippen molar-refractivity contribution in [1.29, 1.82) is 0 Å². The Morgan fingerprint density at radius 1 is 0.413 bits per heavy atom. The normalized spacial score (nSPS) is 13.9. The van der Waals surface area contributed by atoms with Crippen LogP contribution in [0.15, 0.2) is 146 Å². The number of esters is 2. The number of hydrogen-bond donors (Lipinski definition) is 0. The third kappa shape index (κ3) is 56.7. The van der Waals surface area contributed by atoms with Gasteiger partial charge in [0.2, 0.25) is 0 Å². The standard InChI is InChI=1S/C66H105NO8/c1-6-8-10-12-14-16-18-20-22-24-25-26-27-28-29-30-31-32-33-34-35-36-37-38-39-41-43-45-47-49-51-53-55-57-64(69)75-62(61-74-66(65(70)71)72-59-58-67(3,4)5)60-73-63(68)56-54-52-50-48-46-44-42-40-23-21-19-17-15-13-11-9-7-2/h8,10,14-17,20-23,25-26,28-29,31-32,34-35,37-38,41,43,47,49,62,66H,6-7,9,11-13,18-19,24,27,30,33,36,39-40,42,44-46,48,50-61H2,1-5H3/b10-8-,16-14-,17-15-,22-20-,23-21-,26-25-,29-28-,32-31-,35-34-,38-37-,43-41-,49-47-. The van der Waals surface area contributed by atoms with Gasteiger partial charge < -0.3 is 33.3 Å². The van der Waals surface area contributed by atoms with Gasteiger partial charge in [-0.1, -0.05) is 205 Å². The predicted molar refractivity (Wildman–Crippen MR) is 315 cm³/mol. The summed E-state index contributed by atoms with van der Waals surface area (Å²) in [5.41, 5.74) is 0. The molecule has 0 aliphatic heterocycles. The lowest BCUT2D eigenvalue weighted by molar-refractivity contribution is -0.870. The number of aliphatic carboxylic acids is 1. The number of carbonyl (C=O) groups excluding carboxylic acids is 3. The van der Waals surface area contributed by atoms with Crippen LogP contribution in [0.5, 0.6) is 0 Å². The van der Waals surface area contributed by atoms with E-state index in [0.717, 1.165) is 116 Å². The highest BCUT2D eigenvalue weighted by Crippen LogP contribution is 2.13. The van der Waals surface area contributed by atoms with E-state index in [1.54, 1.807) is 0 Å². The van der Waals surface area contributed by atoms with E-state index in [2.05, 4.69) is 160 Å². The monoisotopic (exact) mass is 1040 g/mol. The quantitative estimate of drug-likeness (QED) is 0.0195. The van der Waals surface area contributed by atoms with Crippen molar-refractivity contribution in [3.63, 3.8) is 0 Å². The third-order valence-corrected chi connectivity index (χ3v) is 11.6. The molecular formula is C66H105NO8. The number of hydrogen-bond acceptors (Lipinski definition) is 8. The van der Waals surface area contributed by atoms with Gasteiger partial charge in [-0.25, -0.2) is 0 Å². The first kappa shape index (κ1) is 70.2. The minimum atomic E-state index is -1.65. The van der Waals surface area contributed by atoms with Crippen LogP contribution in [0.25, 0.3) is 0 Å². The van der Waals surface area contributed by atoms with Crippen molar-refractivity contribution < 1.29 is 42.9 Å². The molecule has 0 fully saturated rings. The summed E-state index contributed by atoms with van der Waals surface area (Å²) in [6.45, 7) is 4.52. The van der Waals surface area contributed by atoms with Crippen molar-refractivity contribution in [1.82, 2.24) is 0 Å². The van der Waals surface area contributed by atoms with Crippen molar-refractivity contribution in [2.24, 2.45) is 0 Å². The lowest BCUT2D eigenvalue weighted by Gasteiger charge is -2.26. The number of ether oxygens (including phenoxy) is 4. The molecule has 0 aromatic carbocycles. The van der Waals surface area contributed by atoms with Gasteiger partial charge in [0.25, 0.3) is 0 Å². The number of carbonyl (C=O) groups is 3. The van der Waals surface area contributed by atoms with Crippen LogP contribution >= 0.6 is 0 Å². The molecule has 0 rings (SSSR count). The van der Waals surface area contributed by atoms with E-state index in [4.69, 9.17) is 18.9 Å². The molecule has 0 amide bonds. The highest BCUT2D eigenvalue weighted by Gasteiger charge is 2.21. The van der Waals surface area contributed by atoms with Crippen molar-refractivity contribution in [2.45, 2.75) is 206 Å². The molecule has 2 unspecified atom stereocenters. The zero-order valence-corrected chi connectivity index (χ0v) is 47.9. The number of carboxylic acids is 1. The van der Waals surface area contributed by atoms with Crippen LogP contribution in [0.3, 0.4) is 0 Å². The SMILES string of the molecule is CC/C=C\C/C=C\C/C=C\C/C=C\C/C=C\C/C=C\C/C=C\C/C=C\C/C=C\C/C=C\CCCCC(=O)OC(COC(=O)CCCCCCCCC/C=C\C/C=C\CCCCC)COC(OCC[N+](C)(C)C)C(=O)[O-]. The van der Waals surface area contributed by atoms with Crippen LogP contribution < -0.4 is 5.11 Å². The summed E-state index contributed by atoms with van der Waals surface area (Å²) in [7, 11) is 5.89. The minimum Gasteiger partial charge on any atom is -0.545 e. The zero-order chi connectivity index (χ0) is 54.8. The molecule has 9 heteroatoms. The molecule has 0 saturated carbocycles. The van der Waals surface area contributed by atoms with E-state index < -0.39 is 24.3 Å². The zero-order valence-electron chi connectivity index (χ0n) is 47.9. The van der Waals surface area contributed by atoms with Gasteiger partial charge in [-0.2, -0.15) is 0 Å². The lowest BCUT2D eigenvalue weighted by atomic mass is 10.1. The molecule has 9 nitrogen and oxygen atoms in total. The summed E-state index contributed by atoms with van der Waals surface area (Å²) in [6.07, 6.45) is 77.5. The molecule has 0 aromatic rings. The van der Waals surface area contributed by atoms with E-state index in [1.165, 1.54) is 44.9 Å². The van der Waals surface area contributed by atoms with Crippen molar-refractivity contribution >= 4 is 17.9 Å². The molecule has 2 atom stereocenters. The molecule has 0 heterocycles. The number of allylic oxidation sites excluding steroid dienone is 24. The number of nitrogens with zero attached hydrogens (tertiary/aromatic N) is 1. The molecule has 0 aromatic heterocycles. The maximum absolute atomic E-state index is 12.8. The highest BCUT2D eigenvalue weighted by molar-refractivity contribution is 5.70. The van der Waals surface area contributed by atoms with Crippen LogP contribution in [0, 0.1) is 0 Å². The van der Waals surface area contributed by atoms with Gasteiger partial charge >= 0.3 is 11.9 Å². The van der Waals surface area contributed by atoms with Crippen molar-refractivity contribution in [3.05, 3.63) is 146 Å².